The summed E-state index contributed by atoms with van der Waals surface area (Å²) in [5, 5.41) is 3.42. The summed E-state index contributed by atoms with van der Waals surface area (Å²) in [4.78, 5) is 0. The van der Waals surface area contributed by atoms with E-state index in [1.165, 1.54) is 20.3 Å². The fourth-order valence-corrected chi connectivity index (χ4v) is 3.30. The third kappa shape index (κ3) is 3.62. The number of nitrogens with one attached hydrogen (secondary N) is 1. The topological polar surface area (TPSA) is 12.0 Å². The van der Waals surface area contributed by atoms with E-state index in [0.717, 1.165) is 4.47 Å². The van der Waals surface area contributed by atoms with E-state index < -0.39 is 0 Å². The van der Waals surface area contributed by atoms with Gasteiger partial charge in [0.15, 0.2) is 0 Å². The van der Waals surface area contributed by atoms with E-state index in [-0.39, 0.29) is 6.04 Å². The van der Waals surface area contributed by atoms with Gasteiger partial charge >= 0.3 is 0 Å². The van der Waals surface area contributed by atoms with E-state index in [1.807, 2.05) is 7.05 Å². The highest BCUT2D eigenvalue weighted by atomic mass is 127. The summed E-state index contributed by atoms with van der Waals surface area (Å²) in [6.07, 6.45) is 0. The van der Waals surface area contributed by atoms with Gasteiger partial charge in [-0.25, -0.2) is 0 Å². The van der Waals surface area contributed by atoms with Gasteiger partial charge in [0.25, 0.3) is 0 Å². The Balaban J connectivity index is 2.39. The number of hydrogen-bond donors (Lipinski definition) is 1. The van der Waals surface area contributed by atoms with Gasteiger partial charge in [0, 0.05) is 8.04 Å². The maximum atomic E-state index is 3.66. The molecule has 0 fully saturated rings. The molecule has 0 aliphatic heterocycles. The molecule has 1 N–H and O–H groups in total. The van der Waals surface area contributed by atoms with Gasteiger partial charge in [0.05, 0.1) is 6.04 Å². The van der Waals surface area contributed by atoms with Gasteiger partial charge in [-0.05, 0) is 70.4 Å². The molecule has 2 aromatic rings. The normalized spacial score (nSPS) is 12.7. The zero-order valence-corrected chi connectivity index (χ0v) is 15.7. The Kier molecular flexibility index (Phi) is 5.64. The van der Waals surface area contributed by atoms with Gasteiger partial charge in [-0.1, -0.05) is 54.0 Å². The molecule has 0 bridgehead atoms. The van der Waals surface area contributed by atoms with Gasteiger partial charge in [-0.3, -0.25) is 0 Å². The first kappa shape index (κ1) is 16.0. The molecule has 0 amide bonds. The summed E-state index contributed by atoms with van der Waals surface area (Å²) in [5.74, 6) is 0.571. The lowest BCUT2D eigenvalue weighted by Gasteiger charge is -2.20. The minimum absolute atomic E-state index is 0.209. The lowest BCUT2D eigenvalue weighted by atomic mass is 9.95. The fourth-order valence-electron chi connectivity index (χ4n) is 2.31. The summed E-state index contributed by atoms with van der Waals surface area (Å²) in [6, 6.07) is 15.6. The molecule has 0 aliphatic rings. The van der Waals surface area contributed by atoms with Crippen molar-refractivity contribution in [1.82, 2.24) is 5.32 Å². The molecule has 2 rings (SSSR count). The Morgan fingerprint density at radius 2 is 1.60 bits per heavy atom. The van der Waals surface area contributed by atoms with E-state index in [4.69, 9.17) is 0 Å². The van der Waals surface area contributed by atoms with Crippen LogP contribution in [0.2, 0.25) is 0 Å². The third-order valence-corrected chi connectivity index (χ3v) is 4.89. The number of benzene rings is 2. The second-order valence-electron chi connectivity index (χ2n) is 5.21. The van der Waals surface area contributed by atoms with Crippen molar-refractivity contribution >= 4 is 38.5 Å². The van der Waals surface area contributed by atoms with Gasteiger partial charge in [-0.2, -0.15) is 0 Å². The molecule has 3 heteroatoms. The largest absolute Gasteiger partial charge is 0.309 e. The molecule has 0 saturated heterocycles. The molecule has 0 aliphatic carbocycles. The van der Waals surface area contributed by atoms with Crippen LogP contribution in [0, 0.1) is 3.57 Å². The van der Waals surface area contributed by atoms with Crippen LogP contribution < -0.4 is 5.32 Å². The van der Waals surface area contributed by atoms with Crippen molar-refractivity contribution in [2.24, 2.45) is 0 Å². The van der Waals surface area contributed by atoms with Crippen molar-refractivity contribution in [2.75, 3.05) is 7.05 Å². The number of rotatable bonds is 4. The van der Waals surface area contributed by atoms with Crippen LogP contribution in [-0.4, -0.2) is 7.05 Å². The highest BCUT2D eigenvalue weighted by Gasteiger charge is 2.15. The number of halogens is 2. The molecular weight excluding hydrogens is 425 g/mol. The average Bonchev–Trinajstić information content (AvgIpc) is 2.44. The first-order chi connectivity index (χ1) is 9.52. The van der Waals surface area contributed by atoms with Gasteiger partial charge in [-0.15, -0.1) is 0 Å². The Hall–Kier alpha value is -0.390. The Bertz CT molecular complexity index is 578. The van der Waals surface area contributed by atoms with Gasteiger partial charge in [0.1, 0.15) is 0 Å². The maximum Gasteiger partial charge on any atom is 0.0585 e. The number of hydrogen-bond acceptors (Lipinski definition) is 1. The highest BCUT2D eigenvalue weighted by molar-refractivity contribution is 14.1. The van der Waals surface area contributed by atoms with E-state index >= 15 is 0 Å². The van der Waals surface area contributed by atoms with E-state index in [0.29, 0.717) is 5.92 Å². The van der Waals surface area contributed by atoms with E-state index in [1.54, 1.807) is 0 Å². The molecule has 0 saturated carbocycles. The summed E-state index contributed by atoms with van der Waals surface area (Å²) in [5.41, 5.74) is 3.95. The fraction of sp³-hybridized carbons (Fsp3) is 0.294. The van der Waals surface area contributed by atoms with Crippen LogP contribution >= 0.6 is 38.5 Å². The van der Waals surface area contributed by atoms with Crippen molar-refractivity contribution in [1.29, 1.82) is 0 Å². The van der Waals surface area contributed by atoms with Crippen molar-refractivity contribution in [2.45, 2.75) is 25.8 Å². The molecule has 0 aromatic heterocycles. The molecule has 1 nitrogen and oxygen atoms in total. The second kappa shape index (κ2) is 7.05. The van der Waals surface area contributed by atoms with Crippen LogP contribution in [0.4, 0.5) is 0 Å². The van der Waals surface area contributed by atoms with Crippen LogP contribution in [0.5, 0.6) is 0 Å². The summed E-state index contributed by atoms with van der Waals surface area (Å²) in [6.45, 7) is 4.45. The second-order valence-corrected chi connectivity index (χ2v) is 7.31. The predicted octanol–water partition coefficient (Wildman–Crippen LogP) is 5.49. The van der Waals surface area contributed by atoms with Crippen molar-refractivity contribution < 1.29 is 0 Å². The van der Waals surface area contributed by atoms with Crippen LogP contribution in [-0.2, 0) is 0 Å². The quantitative estimate of drug-likeness (QED) is 0.616. The summed E-state index contributed by atoms with van der Waals surface area (Å²) in [7, 11) is 2.01. The first-order valence-electron chi connectivity index (χ1n) is 6.75. The minimum atomic E-state index is 0.209. The molecule has 1 atom stereocenters. The third-order valence-electron chi connectivity index (χ3n) is 3.49. The maximum absolute atomic E-state index is 3.66. The summed E-state index contributed by atoms with van der Waals surface area (Å²) < 4.78 is 2.39. The van der Waals surface area contributed by atoms with Crippen molar-refractivity contribution in [3.63, 3.8) is 0 Å². The molecule has 2 aromatic carbocycles. The zero-order chi connectivity index (χ0) is 14.7. The Labute approximate surface area is 143 Å². The van der Waals surface area contributed by atoms with Gasteiger partial charge in [0.2, 0.25) is 0 Å². The Morgan fingerprint density at radius 3 is 2.15 bits per heavy atom. The minimum Gasteiger partial charge on any atom is -0.309 e. The van der Waals surface area contributed by atoms with Crippen LogP contribution in [0.15, 0.2) is 46.9 Å². The van der Waals surface area contributed by atoms with Gasteiger partial charge < -0.3 is 5.32 Å². The molecule has 1 unspecified atom stereocenters. The predicted molar refractivity (Wildman–Crippen MR) is 98.3 cm³/mol. The monoisotopic (exact) mass is 443 g/mol. The highest BCUT2D eigenvalue weighted by Crippen LogP contribution is 2.30. The van der Waals surface area contributed by atoms with Crippen LogP contribution in [0.1, 0.15) is 42.5 Å². The smallest absolute Gasteiger partial charge is 0.0585 e. The molecule has 106 valence electrons. The van der Waals surface area contributed by atoms with Crippen molar-refractivity contribution in [3.8, 4) is 0 Å². The van der Waals surface area contributed by atoms with E-state index in [9.17, 15) is 0 Å². The standard InChI is InChI=1S/C17H19BrIN/c1-11(2)12-4-6-13(7-5-12)17(20-3)15-10-14(19)8-9-16(15)18/h4-11,17,20H,1-3H3. The zero-order valence-electron chi connectivity index (χ0n) is 12.0. The lowest BCUT2D eigenvalue weighted by molar-refractivity contribution is 0.687. The average molecular weight is 444 g/mol. The van der Waals surface area contributed by atoms with Crippen molar-refractivity contribution in [3.05, 3.63) is 67.2 Å². The first-order valence-corrected chi connectivity index (χ1v) is 8.62. The molecule has 20 heavy (non-hydrogen) atoms. The molecular formula is C17H19BrIN. The molecule has 0 radical (unpaired) electrons. The van der Waals surface area contributed by atoms with Crippen LogP contribution in [0.25, 0.3) is 0 Å². The molecule has 0 heterocycles. The SMILES string of the molecule is CNC(c1ccc(C(C)C)cc1)c1cc(I)ccc1Br. The van der Waals surface area contributed by atoms with E-state index in [2.05, 4.69) is 100 Å². The molecule has 0 spiro atoms. The summed E-state index contributed by atoms with van der Waals surface area (Å²) >= 11 is 6.02. The van der Waals surface area contributed by atoms with Crippen LogP contribution in [0.3, 0.4) is 0 Å². The lowest BCUT2D eigenvalue weighted by Crippen LogP contribution is -2.18. The Morgan fingerprint density at radius 1 is 1.00 bits per heavy atom.